The number of carbonyl (C=O) groups excluding carboxylic acids is 1. The number of carbonyl (C=O) groups is 1. The quantitative estimate of drug-likeness (QED) is 0.232. The standard InChI is InChI=1S/C28H39N3O/c1-5-6-7-14-25(26-17-19-27(20-18-26)31(3)4)15-9-16-28(32)30-23(2)11-8-12-24-13-10-21-29-22-24/h9-10,13,15-23H,5-8,11-12,14H2,1-4H3,(H,30,32)/b16-9+,25-15+/t23-/m1/s1. The van der Waals surface area contributed by atoms with Crippen molar-refractivity contribution in [3.63, 3.8) is 0 Å². The molecule has 2 rings (SSSR count). The fourth-order valence-electron chi connectivity index (χ4n) is 3.64. The molecule has 1 aromatic carbocycles. The van der Waals surface area contributed by atoms with Crippen LogP contribution in [0.4, 0.5) is 5.69 Å². The van der Waals surface area contributed by atoms with Gasteiger partial charge in [-0.05, 0) is 73.9 Å². The summed E-state index contributed by atoms with van der Waals surface area (Å²) < 4.78 is 0. The van der Waals surface area contributed by atoms with Crippen molar-refractivity contribution in [1.29, 1.82) is 0 Å². The van der Waals surface area contributed by atoms with E-state index in [-0.39, 0.29) is 11.9 Å². The summed E-state index contributed by atoms with van der Waals surface area (Å²) in [5, 5.41) is 3.08. The highest BCUT2D eigenvalue weighted by atomic mass is 16.1. The second-order valence-corrected chi connectivity index (χ2v) is 8.61. The molecule has 1 amide bonds. The fraction of sp³-hybridized carbons (Fsp3) is 0.429. The topological polar surface area (TPSA) is 45.2 Å². The molecule has 0 aliphatic rings. The van der Waals surface area contributed by atoms with Gasteiger partial charge in [0.2, 0.25) is 5.91 Å². The summed E-state index contributed by atoms with van der Waals surface area (Å²) in [5.74, 6) is -0.0361. The summed E-state index contributed by atoms with van der Waals surface area (Å²) in [7, 11) is 4.10. The lowest BCUT2D eigenvalue weighted by Gasteiger charge is -2.14. The number of hydrogen-bond donors (Lipinski definition) is 1. The SMILES string of the molecule is CCCCC/C(=C\C=C\C(=O)N[C@H](C)CCCc1cccnc1)c1ccc(N(C)C)cc1. The molecule has 0 unspecified atom stereocenters. The van der Waals surface area contributed by atoms with E-state index in [1.54, 1.807) is 12.3 Å². The van der Waals surface area contributed by atoms with Crippen molar-refractivity contribution in [2.75, 3.05) is 19.0 Å². The van der Waals surface area contributed by atoms with Crippen LogP contribution in [-0.4, -0.2) is 31.0 Å². The van der Waals surface area contributed by atoms with Gasteiger partial charge < -0.3 is 10.2 Å². The molecule has 0 aliphatic heterocycles. The van der Waals surface area contributed by atoms with Gasteiger partial charge in [0.15, 0.2) is 0 Å². The number of pyridine rings is 1. The van der Waals surface area contributed by atoms with E-state index in [4.69, 9.17) is 0 Å². The van der Waals surface area contributed by atoms with E-state index in [1.807, 2.05) is 32.4 Å². The van der Waals surface area contributed by atoms with Gasteiger partial charge in [0.1, 0.15) is 0 Å². The van der Waals surface area contributed by atoms with Gasteiger partial charge in [0, 0.05) is 44.3 Å². The average molecular weight is 434 g/mol. The van der Waals surface area contributed by atoms with Crippen LogP contribution in [0.25, 0.3) is 5.57 Å². The first kappa shape index (κ1) is 25.4. The molecule has 0 aliphatic carbocycles. The maximum Gasteiger partial charge on any atom is 0.244 e. The number of nitrogens with zero attached hydrogens (tertiary/aromatic N) is 2. The van der Waals surface area contributed by atoms with Crippen molar-refractivity contribution in [3.05, 3.63) is 78.1 Å². The summed E-state index contributed by atoms with van der Waals surface area (Å²) in [6.07, 6.45) is 16.9. The minimum absolute atomic E-state index is 0.0361. The smallest absolute Gasteiger partial charge is 0.244 e. The Bertz CT molecular complexity index is 854. The van der Waals surface area contributed by atoms with Crippen LogP contribution in [0.15, 0.2) is 67.0 Å². The molecule has 2 aromatic rings. The van der Waals surface area contributed by atoms with Crippen molar-refractivity contribution in [2.24, 2.45) is 0 Å². The number of unbranched alkanes of at least 4 members (excludes halogenated alkanes) is 2. The van der Waals surface area contributed by atoms with Crippen LogP contribution in [0, 0.1) is 0 Å². The number of benzene rings is 1. The number of amides is 1. The predicted octanol–water partition coefficient (Wildman–Crippen LogP) is 6.20. The van der Waals surface area contributed by atoms with E-state index in [2.05, 4.69) is 65.5 Å². The zero-order chi connectivity index (χ0) is 23.2. The molecular weight excluding hydrogens is 394 g/mol. The van der Waals surface area contributed by atoms with Crippen molar-refractivity contribution in [1.82, 2.24) is 10.3 Å². The van der Waals surface area contributed by atoms with Crippen molar-refractivity contribution in [3.8, 4) is 0 Å². The van der Waals surface area contributed by atoms with Crippen LogP contribution >= 0.6 is 0 Å². The third kappa shape index (κ3) is 9.51. The van der Waals surface area contributed by atoms with Crippen LogP contribution in [0.2, 0.25) is 0 Å². The summed E-state index contributed by atoms with van der Waals surface area (Å²) in [4.78, 5) is 18.6. The second-order valence-electron chi connectivity index (χ2n) is 8.61. The van der Waals surface area contributed by atoms with E-state index < -0.39 is 0 Å². The number of rotatable bonds is 13. The Kier molecular flexibility index (Phi) is 11.3. The highest BCUT2D eigenvalue weighted by Crippen LogP contribution is 2.24. The second kappa shape index (κ2) is 14.2. The lowest BCUT2D eigenvalue weighted by atomic mass is 9.98. The first-order valence-electron chi connectivity index (χ1n) is 11.8. The highest BCUT2D eigenvalue weighted by Gasteiger charge is 2.06. The molecule has 32 heavy (non-hydrogen) atoms. The summed E-state index contributed by atoms with van der Waals surface area (Å²) >= 11 is 0. The first-order chi connectivity index (χ1) is 15.5. The van der Waals surface area contributed by atoms with Crippen molar-refractivity contribution < 1.29 is 4.79 Å². The molecule has 0 fully saturated rings. The molecule has 1 N–H and O–H groups in total. The Morgan fingerprint density at radius 3 is 2.56 bits per heavy atom. The summed E-state index contributed by atoms with van der Waals surface area (Å²) in [5.41, 5.74) is 4.93. The van der Waals surface area contributed by atoms with Gasteiger partial charge in [-0.25, -0.2) is 0 Å². The number of hydrogen-bond acceptors (Lipinski definition) is 3. The van der Waals surface area contributed by atoms with Crippen LogP contribution in [0.3, 0.4) is 0 Å². The van der Waals surface area contributed by atoms with Crippen molar-refractivity contribution in [2.45, 2.75) is 64.8 Å². The lowest BCUT2D eigenvalue weighted by molar-refractivity contribution is -0.117. The minimum Gasteiger partial charge on any atom is -0.378 e. The molecule has 0 bridgehead atoms. The van der Waals surface area contributed by atoms with Gasteiger partial charge in [0.25, 0.3) is 0 Å². The lowest BCUT2D eigenvalue weighted by Crippen LogP contribution is -2.31. The molecule has 0 saturated heterocycles. The van der Waals surface area contributed by atoms with Crippen LogP contribution < -0.4 is 10.2 Å². The third-order valence-corrected chi connectivity index (χ3v) is 5.56. The van der Waals surface area contributed by atoms with Gasteiger partial charge in [-0.2, -0.15) is 0 Å². The van der Waals surface area contributed by atoms with Crippen LogP contribution in [0.5, 0.6) is 0 Å². The Labute approximate surface area is 194 Å². The Hall–Kier alpha value is -2.88. The van der Waals surface area contributed by atoms with Crippen molar-refractivity contribution >= 4 is 17.2 Å². The Morgan fingerprint density at radius 1 is 1.12 bits per heavy atom. The summed E-state index contributed by atoms with van der Waals surface area (Å²) in [6, 6.07) is 12.8. The maximum absolute atomic E-state index is 12.3. The number of nitrogens with one attached hydrogen (secondary N) is 1. The maximum atomic E-state index is 12.3. The number of allylic oxidation sites excluding steroid dienone is 3. The zero-order valence-electron chi connectivity index (χ0n) is 20.2. The minimum atomic E-state index is -0.0361. The number of aryl methyl sites for hydroxylation is 1. The molecular formula is C28H39N3O. The van der Waals surface area contributed by atoms with E-state index in [9.17, 15) is 4.79 Å². The van der Waals surface area contributed by atoms with Gasteiger partial charge in [0.05, 0.1) is 0 Å². The molecule has 172 valence electrons. The average Bonchev–Trinajstić information content (AvgIpc) is 2.79. The number of anilines is 1. The third-order valence-electron chi connectivity index (χ3n) is 5.56. The molecule has 0 saturated carbocycles. The van der Waals surface area contributed by atoms with Gasteiger partial charge in [-0.1, -0.05) is 50.1 Å². The predicted molar refractivity (Wildman–Crippen MR) is 137 cm³/mol. The zero-order valence-corrected chi connectivity index (χ0v) is 20.2. The van der Waals surface area contributed by atoms with E-state index in [0.29, 0.717) is 0 Å². The van der Waals surface area contributed by atoms with Crippen LogP contribution in [-0.2, 0) is 11.2 Å². The fourth-order valence-corrected chi connectivity index (χ4v) is 3.64. The molecule has 4 nitrogen and oxygen atoms in total. The van der Waals surface area contributed by atoms with E-state index in [1.165, 1.54) is 35.2 Å². The Balaban J connectivity index is 1.89. The monoisotopic (exact) mass is 433 g/mol. The van der Waals surface area contributed by atoms with Gasteiger partial charge in [-0.15, -0.1) is 0 Å². The normalized spacial score (nSPS) is 12.7. The Morgan fingerprint density at radius 2 is 1.91 bits per heavy atom. The number of aromatic nitrogens is 1. The molecule has 1 heterocycles. The molecule has 0 spiro atoms. The molecule has 4 heteroatoms. The highest BCUT2D eigenvalue weighted by molar-refractivity contribution is 5.88. The largest absolute Gasteiger partial charge is 0.378 e. The summed E-state index contributed by atoms with van der Waals surface area (Å²) in [6.45, 7) is 4.28. The first-order valence-corrected chi connectivity index (χ1v) is 11.8. The molecule has 0 radical (unpaired) electrons. The molecule has 1 atom stereocenters. The molecule has 1 aromatic heterocycles. The van der Waals surface area contributed by atoms with Crippen LogP contribution in [0.1, 0.15) is 63.5 Å². The van der Waals surface area contributed by atoms with Gasteiger partial charge in [-0.3, -0.25) is 9.78 Å². The van der Waals surface area contributed by atoms with Gasteiger partial charge >= 0.3 is 0 Å². The van der Waals surface area contributed by atoms with E-state index in [0.717, 1.165) is 32.1 Å². The van der Waals surface area contributed by atoms with E-state index >= 15 is 0 Å².